The number of rotatable bonds is 14. The van der Waals surface area contributed by atoms with Crippen LogP contribution in [0.15, 0.2) is 0 Å². The minimum absolute atomic E-state index is 0.674. The Kier molecular flexibility index (Phi) is 12.7. The van der Waals surface area contributed by atoms with E-state index in [0.717, 1.165) is 38.5 Å². The summed E-state index contributed by atoms with van der Waals surface area (Å²) in [6.07, 6.45) is 3.48. The summed E-state index contributed by atoms with van der Waals surface area (Å²) in [5, 5.41) is 3.57. The van der Waals surface area contributed by atoms with Crippen molar-refractivity contribution in [2.45, 2.75) is 39.2 Å². The quantitative estimate of drug-likeness (QED) is 0.498. The minimum atomic E-state index is 0.674. The van der Waals surface area contributed by atoms with Crippen LogP contribution in [0, 0.1) is 5.92 Å². The molecule has 1 fully saturated rings. The van der Waals surface area contributed by atoms with Crippen molar-refractivity contribution in [1.82, 2.24) is 5.32 Å². The summed E-state index contributed by atoms with van der Waals surface area (Å²) in [4.78, 5) is 0. The van der Waals surface area contributed by atoms with Crippen LogP contribution in [0.1, 0.15) is 33.1 Å². The summed E-state index contributed by atoms with van der Waals surface area (Å²) in [7, 11) is 0. The second kappa shape index (κ2) is 13.8. The van der Waals surface area contributed by atoms with Gasteiger partial charge in [-0.3, -0.25) is 0 Å². The third kappa shape index (κ3) is 9.74. The van der Waals surface area contributed by atoms with Crippen LogP contribution >= 0.6 is 11.8 Å². The molecule has 2 atom stereocenters. The third-order valence-electron chi connectivity index (χ3n) is 3.68. The Bertz CT molecular complexity index is 232. The van der Waals surface area contributed by atoms with Gasteiger partial charge in [0, 0.05) is 25.0 Å². The monoisotopic (exact) mass is 319 g/mol. The average Bonchev–Trinajstić information content (AvgIpc) is 2.92. The predicted molar refractivity (Wildman–Crippen MR) is 90.3 cm³/mol. The second-order valence-electron chi connectivity index (χ2n) is 5.44. The SMILES string of the molecule is CCCCOCCOCCOCCC1CSCC1NCC. The van der Waals surface area contributed by atoms with Gasteiger partial charge in [-0.2, -0.15) is 11.8 Å². The molecule has 4 nitrogen and oxygen atoms in total. The first-order valence-electron chi connectivity index (χ1n) is 8.42. The summed E-state index contributed by atoms with van der Waals surface area (Å²) in [6.45, 7) is 9.86. The van der Waals surface area contributed by atoms with Crippen molar-refractivity contribution < 1.29 is 14.2 Å². The van der Waals surface area contributed by atoms with E-state index in [4.69, 9.17) is 14.2 Å². The predicted octanol–water partition coefficient (Wildman–Crippen LogP) is 2.57. The molecule has 2 unspecified atom stereocenters. The van der Waals surface area contributed by atoms with Gasteiger partial charge >= 0.3 is 0 Å². The molecule has 1 N–H and O–H groups in total. The van der Waals surface area contributed by atoms with Gasteiger partial charge in [0.05, 0.1) is 26.4 Å². The molecule has 1 saturated heterocycles. The fourth-order valence-corrected chi connectivity index (χ4v) is 3.88. The van der Waals surface area contributed by atoms with Crippen LogP contribution in [0.2, 0.25) is 0 Å². The molecular formula is C16H33NO3S. The number of nitrogens with one attached hydrogen (secondary N) is 1. The highest BCUT2D eigenvalue weighted by atomic mass is 32.2. The lowest BCUT2D eigenvalue weighted by Crippen LogP contribution is -2.35. The van der Waals surface area contributed by atoms with E-state index in [0.29, 0.717) is 32.5 Å². The second-order valence-corrected chi connectivity index (χ2v) is 6.52. The number of ether oxygens (including phenoxy) is 3. The van der Waals surface area contributed by atoms with E-state index >= 15 is 0 Å². The fraction of sp³-hybridized carbons (Fsp3) is 1.00. The molecule has 0 bridgehead atoms. The van der Waals surface area contributed by atoms with Crippen molar-refractivity contribution in [2.24, 2.45) is 5.92 Å². The standard InChI is InChI=1S/C16H33NO3S/c1-3-5-7-18-9-11-20-12-10-19-8-6-15-13-21-14-16(15)17-4-2/h15-17H,3-14H2,1-2H3. The van der Waals surface area contributed by atoms with Crippen molar-refractivity contribution in [3.8, 4) is 0 Å². The summed E-state index contributed by atoms with van der Waals surface area (Å²) >= 11 is 2.06. The van der Waals surface area contributed by atoms with Gasteiger partial charge in [-0.1, -0.05) is 20.3 Å². The van der Waals surface area contributed by atoms with Crippen LogP contribution in [0.5, 0.6) is 0 Å². The molecule has 1 heterocycles. The van der Waals surface area contributed by atoms with E-state index in [1.807, 2.05) is 0 Å². The van der Waals surface area contributed by atoms with Crippen LogP contribution in [0.25, 0.3) is 0 Å². The van der Waals surface area contributed by atoms with E-state index in [-0.39, 0.29) is 0 Å². The van der Waals surface area contributed by atoms with Gasteiger partial charge in [-0.15, -0.1) is 0 Å². The zero-order valence-electron chi connectivity index (χ0n) is 13.8. The molecule has 0 aromatic rings. The van der Waals surface area contributed by atoms with Gasteiger partial charge in [-0.25, -0.2) is 0 Å². The molecule has 1 aliphatic heterocycles. The smallest absolute Gasteiger partial charge is 0.0701 e. The molecule has 0 saturated carbocycles. The molecule has 126 valence electrons. The van der Waals surface area contributed by atoms with Crippen LogP contribution in [-0.2, 0) is 14.2 Å². The van der Waals surface area contributed by atoms with Gasteiger partial charge in [0.15, 0.2) is 0 Å². The van der Waals surface area contributed by atoms with Gasteiger partial charge in [0.2, 0.25) is 0 Å². The lowest BCUT2D eigenvalue weighted by Gasteiger charge is -2.19. The normalized spacial score (nSPS) is 22.0. The lowest BCUT2D eigenvalue weighted by atomic mass is 10.0. The van der Waals surface area contributed by atoms with Gasteiger partial charge in [0.1, 0.15) is 0 Å². The molecular weight excluding hydrogens is 286 g/mol. The van der Waals surface area contributed by atoms with E-state index in [1.165, 1.54) is 17.9 Å². The Labute approximate surface area is 134 Å². The average molecular weight is 320 g/mol. The molecule has 0 aromatic carbocycles. The highest BCUT2D eigenvalue weighted by molar-refractivity contribution is 7.99. The van der Waals surface area contributed by atoms with E-state index in [9.17, 15) is 0 Å². The maximum Gasteiger partial charge on any atom is 0.0701 e. The zero-order valence-corrected chi connectivity index (χ0v) is 14.6. The highest BCUT2D eigenvalue weighted by Gasteiger charge is 2.26. The number of unbranched alkanes of at least 4 members (excludes halogenated alkanes) is 1. The van der Waals surface area contributed by atoms with Crippen LogP contribution in [0.3, 0.4) is 0 Å². The molecule has 21 heavy (non-hydrogen) atoms. The molecule has 1 rings (SSSR count). The first-order valence-corrected chi connectivity index (χ1v) is 9.58. The van der Waals surface area contributed by atoms with Crippen molar-refractivity contribution in [3.05, 3.63) is 0 Å². The maximum absolute atomic E-state index is 5.66. The zero-order chi connectivity index (χ0) is 15.2. The topological polar surface area (TPSA) is 39.7 Å². The third-order valence-corrected chi connectivity index (χ3v) is 4.94. The van der Waals surface area contributed by atoms with E-state index in [2.05, 4.69) is 30.9 Å². The number of hydrogen-bond donors (Lipinski definition) is 1. The molecule has 0 aliphatic carbocycles. The number of thioether (sulfide) groups is 1. The molecule has 1 aliphatic rings. The first-order chi connectivity index (χ1) is 10.4. The molecule has 0 aromatic heterocycles. The largest absolute Gasteiger partial charge is 0.379 e. The van der Waals surface area contributed by atoms with Crippen LogP contribution in [0.4, 0.5) is 0 Å². The Balaban J connectivity index is 1.82. The van der Waals surface area contributed by atoms with Crippen LogP contribution < -0.4 is 5.32 Å². The van der Waals surface area contributed by atoms with Crippen molar-refractivity contribution in [2.75, 3.05) is 57.7 Å². The minimum Gasteiger partial charge on any atom is -0.379 e. The summed E-state index contributed by atoms with van der Waals surface area (Å²) in [5.41, 5.74) is 0. The van der Waals surface area contributed by atoms with Crippen molar-refractivity contribution >= 4 is 11.8 Å². The lowest BCUT2D eigenvalue weighted by molar-refractivity contribution is 0.0118. The van der Waals surface area contributed by atoms with Gasteiger partial charge in [0.25, 0.3) is 0 Å². The molecule has 0 spiro atoms. The number of hydrogen-bond acceptors (Lipinski definition) is 5. The Morgan fingerprint density at radius 2 is 1.57 bits per heavy atom. The molecule has 0 radical (unpaired) electrons. The van der Waals surface area contributed by atoms with Gasteiger partial charge < -0.3 is 19.5 Å². The van der Waals surface area contributed by atoms with Crippen molar-refractivity contribution in [3.63, 3.8) is 0 Å². The summed E-state index contributed by atoms with van der Waals surface area (Å²) < 4.78 is 16.6. The molecule has 0 amide bonds. The van der Waals surface area contributed by atoms with Gasteiger partial charge in [-0.05, 0) is 31.1 Å². The maximum atomic E-state index is 5.66. The summed E-state index contributed by atoms with van der Waals surface area (Å²) in [6, 6.07) is 0.681. The summed E-state index contributed by atoms with van der Waals surface area (Å²) in [5.74, 6) is 3.29. The van der Waals surface area contributed by atoms with Crippen molar-refractivity contribution in [1.29, 1.82) is 0 Å². The molecule has 5 heteroatoms. The Hall–Kier alpha value is 0.190. The first kappa shape index (κ1) is 19.2. The van der Waals surface area contributed by atoms with Crippen LogP contribution in [-0.4, -0.2) is 63.7 Å². The Morgan fingerprint density at radius 1 is 0.905 bits per heavy atom. The fourth-order valence-electron chi connectivity index (χ4n) is 2.39. The van der Waals surface area contributed by atoms with E-state index in [1.54, 1.807) is 0 Å². The van der Waals surface area contributed by atoms with E-state index < -0.39 is 0 Å². The Morgan fingerprint density at radius 3 is 2.24 bits per heavy atom. The highest BCUT2D eigenvalue weighted by Crippen LogP contribution is 2.26.